The SMILES string of the molecule is O=C(c1cc2ccccc2[nH]1)N1CCC(NS(=O)(=O)Cc2ccccc2)CC1. The Morgan fingerprint density at radius 3 is 2.43 bits per heavy atom. The van der Waals surface area contributed by atoms with E-state index in [0.717, 1.165) is 16.5 Å². The maximum Gasteiger partial charge on any atom is 0.270 e. The van der Waals surface area contributed by atoms with Gasteiger partial charge in [0.05, 0.1) is 5.75 Å². The average Bonchev–Trinajstić information content (AvgIpc) is 3.12. The fourth-order valence-electron chi connectivity index (χ4n) is 3.65. The lowest BCUT2D eigenvalue weighted by atomic mass is 10.1. The zero-order valence-electron chi connectivity index (χ0n) is 15.5. The average molecular weight is 398 g/mol. The van der Waals surface area contributed by atoms with Gasteiger partial charge in [-0.3, -0.25) is 4.79 Å². The summed E-state index contributed by atoms with van der Waals surface area (Å²) >= 11 is 0. The third-order valence-electron chi connectivity index (χ3n) is 5.09. The van der Waals surface area contributed by atoms with Crippen molar-refractivity contribution in [2.45, 2.75) is 24.6 Å². The van der Waals surface area contributed by atoms with Gasteiger partial charge in [0.25, 0.3) is 5.91 Å². The minimum atomic E-state index is -3.40. The number of carbonyl (C=O) groups is 1. The van der Waals surface area contributed by atoms with Crippen LogP contribution in [0.15, 0.2) is 60.7 Å². The van der Waals surface area contributed by atoms with Crippen molar-refractivity contribution in [3.63, 3.8) is 0 Å². The quantitative estimate of drug-likeness (QED) is 0.694. The van der Waals surface area contributed by atoms with Crippen LogP contribution >= 0.6 is 0 Å². The molecule has 3 aromatic rings. The van der Waals surface area contributed by atoms with Crippen LogP contribution in [0.2, 0.25) is 0 Å². The Hall–Kier alpha value is -2.64. The monoisotopic (exact) mass is 397 g/mol. The first-order valence-electron chi connectivity index (χ1n) is 9.41. The molecule has 6 nitrogen and oxygen atoms in total. The van der Waals surface area contributed by atoms with Crippen molar-refractivity contribution in [1.29, 1.82) is 0 Å². The number of aromatic nitrogens is 1. The molecule has 0 aliphatic carbocycles. The Morgan fingerprint density at radius 1 is 1.04 bits per heavy atom. The molecule has 2 N–H and O–H groups in total. The van der Waals surface area contributed by atoms with E-state index >= 15 is 0 Å². The zero-order chi connectivity index (χ0) is 19.6. The van der Waals surface area contributed by atoms with E-state index in [1.54, 1.807) is 17.0 Å². The Bertz CT molecular complexity index is 1040. The third kappa shape index (κ3) is 4.26. The summed E-state index contributed by atoms with van der Waals surface area (Å²) < 4.78 is 27.6. The predicted octanol–water partition coefficient (Wildman–Crippen LogP) is 2.89. The molecule has 1 fully saturated rings. The number of carbonyl (C=O) groups excluding carboxylic acids is 1. The van der Waals surface area contributed by atoms with Crippen molar-refractivity contribution in [2.24, 2.45) is 0 Å². The van der Waals surface area contributed by atoms with Gasteiger partial charge in [-0.25, -0.2) is 13.1 Å². The number of aromatic amines is 1. The number of sulfonamides is 1. The van der Waals surface area contributed by atoms with Gasteiger partial charge in [-0.1, -0.05) is 48.5 Å². The number of piperidine rings is 1. The van der Waals surface area contributed by atoms with Crippen LogP contribution in [0.4, 0.5) is 0 Å². The second-order valence-corrected chi connectivity index (χ2v) is 8.95. The Morgan fingerprint density at radius 2 is 1.71 bits per heavy atom. The maximum absolute atomic E-state index is 12.8. The molecule has 1 aromatic heterocycles. The number of nitrogens with zero attached hydrogens (tertiary/aromatic N) is 1. The molecule has 4 rings (SSSR count). The van der Waals surface area contributed by atoms with E-state index in [2.05, 4.69) is 9.71 Å². The smallest absolute Gasteiger partial charge is 0.270 e. The lowest BCUT2D eigenvalue weighted by molar-refractivity contribution is 0.0706. The van der Waals surface area contributed by atoms with Crippen LogP contribution in [0.3, 0.4) is 0 Å². The van der Waals surface area contributed by atoms with Crippen LogP contribution in [0.25, 0.3) is 10.9 Å². The van der Waals surface area contributed by atoms with Gasteiger partial charge >= 0.3 is 0 Å². The number of H-pyrrole nitrogens is 1. The number of likely N-dealkylation sites (tertiary alicyclic amines) is 1. The van der Waals surface area contributed by atoms with Crippen LogP contribution in [0.1, 0.15) is 28.9 Å². The molecule has 0 spiro atoms. The highest BCUT2D eigenvalue weighted by molar-refractivity contribution is 7.88. The van der Waals surface area contributed by atoms with Crippen molar-refractivity contribution in [3.05, 3.63) is 71.9 Å². The minimum absolute atomic E-state index is 0.0257. The molecule has 28 heavy (non-hydrogen) atoms. The maximum atomic E-state index is 12.8. The molecular weight excluding hydrogens is 374 g/mol. The van der Waals surface area contributed by atoms with Gasteiger partial charge in [0.2, 0.25) is 10.0 Å². The number of fused-ring (bicyclic) bond motifs is 1. The summed E-state index contributed by atoms with van der Waals surface area (Å²) in [5, 5.41) is 1.01. The van der Waals surface area contributed by atoms with Gasteiger partial charge in [0, 0.05) is 30.0 Å². The summed E-state index contributed by atoms with van der Waals surface area (Å²) in [6.45, 7) is 1.07. The van der Waals surface area contributed by atoms with E-state index in [1.807, 2.05) is 48.5 Å². The summed E-state index contributed by atoms with van der Waals surface area (Å²) in [5.41, 5.74) is 2.28. The number of hydrogen-bond donors (Lipinski definition) is 2. The lowest BCUT2D eigenvalue weighted by Gasteiger charge is -2.32. The van der Waals surface area contributed by atoms with Crippen LogP contribution in [0.5, 0.6) is 0 Å². The molecule has 0 bridgehead atoms. The molecule has 2 aromatic carbocycles. The van der Waals surface area contributed by atoms with E-state index in [9.17, 15) is 13.2 Å². The van der Waals surface area contributed by atoms with E-state index in [0.29, 0.717) is 31.6 Å². The molecule has 1 aliphatic rings. The van der Waals surface area contributed by atoms with Crippen LogP contribution in [-0.2, 0) is 15.8 Å². The van der Waals surface area contributed by atoms with Crippen LogP contribution in [0, 0.1) is 0 Å². The number of nitrogens with one attached hydrogen (secondary N) is 2. The summed E-state index contributed by atoms with van der Waals surface area (Å²) in [7, 11) is -3.40. The summed E-state index contributed by atoms with van der Waals surface area (Å²) in [4.78, 5) is 17.7. The number of rotatable bonds is 5. The second-order valence-electron chi connectivity index (χ2n) is 7.20. The molecule has 2 heterocycles. The molecule has 7 heteroatoms. The summed E-state index contributed by atoms with van der Waals surface area (Å²) in [6, 6.07) is 18.7. The summed E-state index contributed by atoms with van der Waals surface area (Å²) in [6.07, 6.45) is 1.22. The van der Waals surface area contributed by atoms with Gasteiger partial charge in [-0.2, -0.15) is 0 Å². The first-order chi connectivity index (χ1) is 13.5. The second kappa shape index (κ2) is 7.77. The molecule has 0 radical (unpaired) electrons. The molecule has 0 unspecified atom stereocenters. The molecule has 1 amide bonds. The molecule has 0 saturated carbocycles. The van der Waals surface area contributed by atoms with Gasteiger partial charge < -0.3 is 9.88 Å². The number of amides is 1. The Balaban J connectivity index is 1.34. The fraction of sp³-hybridized carbons (Fsp3) is 0.286. The van der Waals surface area contributed by atoms with Gasteiger partial charge in [-0.05, 0) is 30.5 Å². The van der Waals surface area contributed by atoms with E-state index in [1.165, 1.54) is 0 Å². The Labute approximate surface area is 164 Å². The highest BCUT2D eigenvalue weighted by atomic mass is 32.2. The van der Waals surface area contributed by atoms with Crippen molar-refractivity contribution in [1.82, 2.24) is 14.6 Å². The number of benzene rings is 2. The van der Waals surface area contributed by atoms with Crippen LogP contribution < -0.4 is 4.72 Å². The van der Waals surface area contributed by atoms with E-state index in [-0.39, 0.29) is 17.7 Å². The zero-order valence-corrected chi connectivity index (χ0v) is 16.3. The van der Waals surface area contributed by atoms with Crippen molar-refractivity contribution in [2.75, 3.05) is 13.1 Å². The fourth-order valence-corrected chi connectivity index (χ4v) is 5.11. The molecule has 146 valence electrons. The van der Waals surface area contributed by atoms with Gasteiger partial charge in [-0.15, -0.1) is 0 Å². The largest absolute Gasteiger partial charge is 0.351 e. The number of hydrogen-bond acceptors (Lipinski definition) is 3. The standard InChI is InChI=1S/C21H23N3O3S/c25-21(20-14-17-8-4-5-9-19(17)22-20)24-12-10-18(11-13-24)23-28(26,27)15-16-6-2-1-3-7-16/h1-9,14,18,22-23H,10-13,15H2. The minimum Gasteiger partial charge on any atom is -0.351 e. The summed E-state index contributed by atoms with van der Waals surface area (Å²) in [5.74, 6) is -0.0658. The highest BCUT2D eigenvalue weighted by Crippen LogP contribution is 2.19. The molecule has 1 aliphatic heterocycles. The topological polar surface area (TPSA) is 82.3 Å². The molecule has 0 atom stereocenters. The highest BCUT2D eigenvalue weighted by Gasteiger charge is 2.27. The first-order valence-corrected chi connectivity index (χ1v) is 11.1. The predicted molar refractivity (Wildman–Crippen MR) is 109 cm³/mol. The van der Waals surface area contributed by atoms with E-state index in [4.69, 9.17) is 0 Å². The molecular formula is C21H23N3O3S. The van der Waals surface area contributed by atoms with Crippen molar-refractivity contribution >= 4 is 26.8 Å². The van der Waals surface area contributed by atoms with E-state index < -0.39 is 10.0 Å². The first kappa shape index (κ1) is 18.7. The normalized spacial score (nSPS) is 15.8. The van der Waals surface area contributed by atoms with Gasteiger partial charge in [0.15, 0.2) is 0 Å². The van der Waals surface area contributed by atoms with Crippen LogP contribution in [-0.4, -0.2) is 43.3 Å². The van der Waals surface area contributed by atoms with Crippen molar-refractivity contribution in [3.8, 4) is 0 Å². The molecule has 1 saturated heterocycles. The Kier molecular flexibility index (Phi) is 5.19. The lowest BCUT2D eigenvalue weighted by Crippen LogP contribution is -2.46. The van der Waals surface area contributed by atoms with Gasteiger partial charge in [0.1, 0.15) is 5.69 Å². The van der Waals surface area contributed by atoms with Crippen molar-refractivity contribution < 1.29 is 13.2 Å². The number of para-hydroxylation sites is 1. The third-order valence-corrected chi connectivity index (χ3v) is 6.49.